The number of nitrogens with zero attached hydrogens (tertiary/aromatic N) is 2. The van der Waals surface area contributed by atoms with Crippen LogP contribution in [-0.2, 0) is 4.79 Å². The van der Waals surface area contributed by atoms with Crippen LogP contribution in [0, 0.1) is 6.92 Å². The first kappa shape index (κ1) is 18.5. The SMILES string of the molecule is Cc1cccc(C2=N/C(=C/c3ccc4c(c3)OCO4)C(=O)N2c2ccc(Cl)cc2)c1. The Bertz CT molecular complexity index is 1220. The maximum absolute atomic E-state index is 13.4. The van der Waals surface area contributed by atoms with E-state index in [1.165, 1.54) is 0 Å². The topological polar surface area (TPSA) is 51.1 Å². The molecular formula is C24H17ClN2O3. The summed E-state index contributed by atoms with van der Waals surface area (Å²) in [7, 11) is 0. The van der Waals surface area contributed by atoms with Crippen molar-refractivity contribution in [1.29, 1.82) is 0 Å². The molecule has 148 valence electrons. The number of fused-ring (bicyclic) bond motifs is 1. The van der Waals surface area contributed by atoms with Crippen molar-refractivity contribution in [3.05, 3.63) is 94.1 Å². The monoisotopic (exact) mass is 416 g/mol. The molecule has 6 heteroatoms. The average molecular weight is 417 g/mol. The Kier molecular flexibility index (Phi) is 4.52. The highest BCUT2D eigenvalue weighted by Crippen LogP contribution is 2.34. The molecule has 0 fully saturated rings. The number of amidine groups is 1. The second-order valence-corrected chi connectivity index (χ2v) is 7.50. The molecule has 3 aromatic rings. The summed E-state index contributed by atoms with van der Waals surface area (Å²) in [5.74, 6) is 1.73. The molecule has 0 unspecified atom stereocenters. The molecule has 5 rings (SSSR count). The van der Waals surface area contributed by atoms with Crippen LogP contribution in [0.3, 0.4) is 0 Å². The van der Waals surface area contributed by atoms with E-state index in [9.17, 15) is 4.79 Å². The number of hydrogen-bond acceptors (Lipinski definition) is 4. The standard InChI is InChI=1S/C24H17ClN2O3/c1-15-3-2-4-17(11-15)23-26-20(12-16-5-10-21-22(13-16)30-14-29-21)24(28)27(23)19-8-6-18(25)7-9-19/h2-13H,14H2,1H3/b20-12+. The molecule has 0 radical (unpaired) electrons. The van der Waals surface area contributed by atoms with E-state index in [1.54, 1.807) is 23.1 Å². The molecule has 2 aliphatic rings. The maximum atomic E-state index is 13.4. The summed E-state index contributed by atoms with van der Waals surface area (Å²) in [6.45, 7) is 2.21. The molecule has 3 aromatic carbocycles. The van der Waals surface area contributed by atoms with E-state index < -0.39 is 0 Å². The first-order valence-corrected chi connectivity index (χ1v) is 9.83. The minimum Gasteiger partial charge on any atom is -0.454 e. The van der Waals surface area contributed by atoms with Crippen molar-refractivity contribution in [2.24, 2.45) is 4.99 Å². The molecule has 0 aliphatic carbocycles. The minimum absolute atomic E-state index is 0.202. The van der Waals surface area contributed by atoms with Crippen LogP contribution in [0.1, 0.15) is 16.7 Å². The Morgan fingerprint density at radius 1 is 1.00 bits per heavy atom. The highest BCUT2D eigenvalue weighted by molar-refractivity contribution is 6.34. The van der Waals surface area contributed by atoms with E-state index in [1.807, 2.05) is 61.5 Å². The lowest BCUT2D eigenvalue weighted by molar-refractivity contribution is -0.113. The third-order valence-electron chi connectivity index (χ3n) is 4.92. The molecule has 0 saturated carbocycles. The van der Waals surface area contributed by atoms with E-state index in [0.29, 0.717) is 33.7 Å². The zero-order chi connectivity index (χ0) is 20.7. The zero-order valence-corrected chi connectivity index (χ0v) is 16.9. The number of ether oxygens (including phenoxy) is 2. The Hall–Kier alpha value is -3.57. The lowest BCUT2D eigenvalue weighted by Crippen LogP contribution is -2.32. The molecule has 2 heterocycles. The van der Waals surface area contributed by atoms with Gasteiger partial charge in [0, 0.05) is 10.6 Å². The zero-order valence-electron chi connectivity index (χ0n) is 16.1. The van der Waals surface area contributed by atoms with Crippen LogP contribution < -0.4 is 14.4 Å². The van der Waals surface area contributed by atoms with Gasteiger partial charge in [0.1, 0.15) is 11.5 Å². The number of benzene rings is 3. The van der Waals surface area contributed by atoms with Gasteiger partial charge in [0.25, 0.3) is 5.91 Å². The summed E-state index contributed by atoms with van der Waals surface area (Å²) >= 11 is 6.04. The molecule has 30 heavy (non-hydrogen) atoms. The number of carbonyl (C=O) groups excluding carboxylic acids is 1. The van der Waals surface area contributed by atoms with Crippen molar-refractivity contribution in [3.8, 4) is 11.5 Å². The molecule has 0 aromatic heterocycles. The van der Waals surface area contributed by atoms with E-state index in [-0.39, 0.29) is 12.7 Å². The van der Waals surface area contributed by atoms with Gasteiger partial charge in [0.2, 0.25) is 6.79 Å². The van der Waals surface area contributed by atoms with Gasteiger partial charge in [-0.25, -0.2) is 4.99 Å². The van der Waals surface area contributed by atoms with Crippen molar-refractivity contribution < 1.29 is 14.3 Å². The number of halogens is 1. The third kappa shape index (κ3) is 3.33. The van der Waals surface area contributed by atoms with Crippen LogP contribution in [0.2, 0.25) is 5.02 Å². The predicted molar refractivity (Wildman–Crippen MR) is 117 cm³/mol. The Labute approximate surface area is 178 Å². The number of amides is 1. The smallest absolute Gasteiger partial charge is 0.282 e. The molecule has 1 amide bonds. The van der Waals surface area contributed by atoms with Crippen molar-refractivity contribution >= 4 is 35.1 Å². The summed E-state index contributed by atoms with van der Waals surface area (Å²) in [6.07, 6.45) is 1.76. The predicted octanol–water partition coefficient (Wildman–Crippen LogP) is 5.21. The van der Waals surface area contributed by atoms with E-state index in [4.69, 9.17) is 26.1 Å². The summed E-state index contributed by atoms with van der Waals surface area (Å²) in [5, 5.41) is 0.607. The van der Waals surface area contributed by atoms with Gasteiger partial charge in [0.15, 0.2) is 11.5 Å². The molecule has 0 saturated heterocycles. The van der Waals surface area contributed by atoms with Crippen LogP contribution in [0.5, 0.6) is 11.5 Å². The molecule has 0 atom stereocenters. The van der Waals surface area contributed by atoms with E-state index >= 15 is 0 Å². The maximum Gasteiger partial charge on any atom is 0.282 e. The number of rotatable bonds is 3. The highest BCUT2D eigenvalue weighted by Gasteiger charge is 2.32. The van der Waals surface area contributed by atoms with Crippen LogP contribution in [0.15, 0.2) is 77.4 Å². The molecule has 0 N–H and O–H groups in total. The van der Waals surface area contributed by atoms with Crippen LogP contribution in [0.4, 0.5) is 5.69 Å². The third-order valence-corrected chi connectivity index (χ3v) is 5.17. The lowest BCUT2D eigenvalue weighted by atomic mass is 10.1. The van der Waals surface area contributed by atoms with Crippen molar-refractivity contribution in [2.45, 2.75) is 6.92 Å². The molecule has 0 bridgehead atoms. The van der Waals surface area contributed by atoms with Gasteiger partial charge in [-0.05, 0) is 61.0 Å². The quantitative estimate of drug-likeness (QED) is 0.550. The lowest BCUT2D eigenvalue weighted by Gasteiger charge is -2.18. The Balaban J connectivity index is 1.60. The molecule has 5 nitrogen and oxygen atoms in total. The number of anilines is 1. The van der Waals surface area contributed by atoms with Crippen molar-refractivity contribution in [2.75, 3.05) is 11.7 Å². The minimum atomic E-state index is -0.202. The van der Waals surface area contributed by atoms with Gasteiger partial charge in [-0.2, -0.15) is 0 Å². The second kappa shape index (κ2) is 7.35. The van der Waals surface area contributed by atoms with Gasteiger partial charge in [-0.1, -0.05) is 41.4 Å². The normalized spacial score (nSPS) is 16.3. The fraction of sp³-hybridized carbons (Fsp3) is 0.0833. The highest BCUT2D eigenvalue weighted by atomic mass is 35.5. The fourth-order valence-electron chi connectivity index (χ4n) is 3.48. The molecule has 2 aliphatic heterocycles. The summed E-state index contributed by atoms with van der Waals surface area (Å²) < 4.78 is 10.8. The first-order chi connectivity index (χ1) is 14.6. The van der Waals surface area contributed by atoms with Crippen LogP contribution in [0.25, 0.3) is 6.08 Å². The van der Waals surface area contributed by atoms with Gasteiger partial charge < -0.3 is 9.47 Å². The largest absolute Gasteiger partial charge is 0.454 e. The van der Waals surface area contributed by atoms with Crippen molar-refractivity contribution in [3.63, 3.8) is 0 Å². The second-order valence-electron chi connectivity index (χ2n) is 7.06. The van der Waals surface area contributed by atoms with Crippen LogP contribution in [-0.4, -0.2) is 18.5 Å². The van der Waals surface area contributed by atoms with E-state index in [2.05, 4.69) is 0 Å². The fourth-order valence-corrected chi connectivity index (χ4v) is 3.61. The average Bonchev–Trinajstić information content (AvgIpc) is 3.33. The van der Waals surface area contributed by atoms with Gasteiger partial charge in [-0.3, -0.25) is 9.69 Å². The van der Waals surface area contributed by atoms with Crippen molar-refractivity contribution in [1.82, 2.24) is 0 Å². The Morgan fingerprint density at radius 2 is 1.80 bits per heavy atom. The molecule has 0 spiro atoms. The van der Waals surface area contributed by atoms with E-state index in [0.717, 1.165) is 16.7 Å². The van der Waals surface area contributed by atoms with Gasteiger partial charge in [0.05, 0.1) is 5.69 Å². The first-order valence-electron chi connectivity index (χ1n) is 9.45. The Morgan fingerprint density at radius 3 is 2.60 bits per heavy atom. The van der Waals surface area contributed by atoms with Gasteiger partial charge >= 0.3 is 0 Å². The van der Waals surface area contributed by atoms with Gasteiger partial charge in [-0.15, -0.1) is 0 Å². The number of aliphatic imine (C=N–C) groups is 1. The number of aryl methyl sites for hydroxylation is 1. The number of carbonyl (C=O) groups is 1. The number of hydrogen-bond donors (Lipinski definition) is 0. The molecular weight excluding hydrogens is 400 g/mol. The summed E-state index contributed by atoms with van der Waals surface area (Å²) in [5.41, 5.74) is 3.83. The summed E-state index contributed by atoms with van der Waals surface area (Å²) in [6, 6.07) is 20.6. The van der Waals surface area contributed by atoms with Crippen LogP contribution >= 0.6 is 11.6 Å². The summed E-state index contributed by atoms with van der Waals surface area (Å²) in [4.78, 5) is 19.7.